The van der Waals surface area contributed by atoms with Crippen LogP contribution in [-0.2, 0) is 0 Å². The van der Waals surface area contributed by atoms with Gasteiger partial charge in [0.2, 0.25) is 0 Å². The topological polar surface area (TPSA) is 3.24 Å². The lowest BCUT2D eigenvalue weighted by Gasteiger charge is -2.37. The molecule has 0 atom stereocenters. The van der Waals surface area contributed by atoms with E-state index in [9.17, 15) is 0 Å². The molecule has 0 unspecified atom stereocenters. The van der Waals surface area contributed by atoms with Crippen molar-refractivity contribution in [1.29, 1.82) is 0 Å². The summed E-state index contributed by atoms with van der Waals surface area (Å²) < 4.78 is 0. The summed E-state index contributed by atoms with van der Waals surface area (Å²) in [6.07, 6.45) is 8.37. The standard InChI is InChI=1S/C10H18N/c1-2-8-11(10-6-7-10)9-4-3-5-9/h9-10H,1-8H2. The predicted molar refractivity (Wildman–Crippen MR) is 47.3 cm³/mol. The second kappa shape index (κ2) is 3.14. The number of hydrogen-bond donors (Lipinski definition) is 0. The molecular formula is C10H18N. The van der Waals surface area contributed by atoms with Gasteiger partial charge in [0.25, 0.3) is 0 Å². The van der Waals surface area contributed by atoms with Gasteiger partial charge in [0, 0.05) is 12.1 Å². The molecule has 2 aliphatic rings. The molecule has 2 aliphatic carbocycles. The second-order valence-electron chi connectivity index (χ2n) is 3.91. The fourth-order valence-corrected chi connectivity index (χ4v) is 1.97. The maximum atomic E-state index is 3.93. The van der Waals surface area contributed by atoms with E-state index in [1.807, 2.05) is 0 Å². The van der Waals surface area contributed by atoms with E-state index in [2.05, 4.69) is 11.8 Å². The molecule has 0 aromatic heterocycles. The largest absolute Gasteiger partial charge is 0.297 e. The number of rotatable bonds is 4. The van der Waals surface area contributed by atoms with Gasteiger partial charge in [0.15, 0.2) is 0 Å². The van der Waals surface area contributed by atoms with Crippen molar-refractivity contribution >= 4 is 0 Å². The normalized spacial score (nSPS) is 25.6. The van der Waals surface area contributed by atoms with Gasteiger partial charge in [-0.25, -0.2) is 0 Å². The lowest BCUT2D eigenvalue weighted by molar-refractivity contribution is 0.121. The zero-order chi connectivity index (χ0) is 7.68. The quantitative estimate of drug-likeness (QED) is 0.597. The van der Waals surface area contributed by atoms with E-state index < -0.39 is 0 Å². The third kappa shape index (κ3) is 1.58. The number of hydrogen-bond acceptors (Lipinski definition) is 1. The van der Waals surface area contributed by atoms with Crippen LogP contribution < -0.4 is 0 Å². The zero-order valence-corrected chi connectivity index (χ0v) is 7.26. The van der Waals surface area contributed by atoms with Crippen LogP contribution in [0.25, 0.3) is 0 Å². The van der Waals surface area contributed by atoms with E-state index in [1.165, 1.54) is 38.6 Å². The zero-order valence-electron chi connectivity index (χ0n) is 7.26. The molecule has 0 spiro atoms. The summed E-state index contributed by atoms with van der Waals surface area (Å²) in [5.74, 6) is 0. The highest BCUT2D eigenvalue weighted by Gasteiger charge is 2.35. The summed E-state index contributed by atoms with van der Waals surface area (Å²) in [7, 11) is 0. The van der Waals surface area contributed by atoms with E-state index in [1.54, 1.807) is 0 Å². The molecule has 2 fully saturated rings. The fourth-order valence-electron chi connectivity index (χ4n) is 1.97. The fraction of sp³-hybridized carbons (Fsp3) is 0.900. The number of nitrogens with zero attached hydrogens (tertiary/aromatic N) is 1. The first kappa shape index (κ1) is 7.60. The van der Waals surface area contributed by atoms with Crippen molar-refractivity contribution in [1.82, 2.24) is 4.90 Å². The van der Waals surface area contributed by atoms with Crippen molar-refractivity contribution in [3.63, 3.8) is 0 Å². The SMILES string of the molecule is [CH2]CCN(C1CCC1)C1CC1. The molecule has 0 bridgehead atoms. The van der Waals surface area contributed by atoms with Crippen LogP contribution in [0.15, 0.2) is 0 Å². The maximum Gasteiger partial charge on any atom is 0.00993 e. The summed E-state index contributed by atoms with van der Waals surface area (Å²) in [4.78, 5) is 2.70. The van der Waals surface area contributed by atoms with Gasteiger partial charge in [-0.3, -0.25) is 4.90 Å². The maximum absolute atomic E-state index is 3.93. The van der Waals surface area contributed by atoms with E-state index in [-0.39, 0.29) is 0 Å². The lowest BCUT2D eigenvalue weighted by atomic mass is 9.91. The van der Waals surface area contributed by atoms with E-state index in [0.717, 1.165) is 18.5 Å². The predicted octanol–water partition coefficient (Wildman–Crippen LogP) is 2.23. The third-order valence-corrected chi connectivity index (χ3v) is 2.98. The van der Waals surface area contributed by atoms with Crippen LogP contribution in [0.4, 0.5) is 0 Å². The van der Waals surface area contributed by atoms with E-state index in [0.29, 0.717) is 0 Å². The van der Waals surface area contributed by atoms with Gasteiger partial charge in [-0.05, 0) is 38.6 Å². The Labute approximate surface area is 69.8 Å². The Kier molecular flexibility index (Phi) is 2.17. The molecule has 0 aliphatic heterocycles. The highest BCUT2D eigenvalue weighted by molar-refractivity contribution is 4.91. The first-order chi connectivity index (χ1) is 5.42. The van der Waals surface area contributed by atoms with Crippen molar-refractivity contribution in [2.45, 2.75) is 50.6 Å². The van der Waals surface area contributed by atoms with Gasteiger partial charge in [0.05, 0.1) is 0 Å². The van der Waals surface area contributed by atoms with Crippen LogP contribution in [0.3, 0.4) is 0 Å². The Morgan fingerprint density at radius 1 is 1.09 bits per heavy atom. The minimum atomic E-state index is 0.948. The van der Waals surface area contributed by atoms with Crippen molar-refractivity contribution < 1.29 is 0 Å². The summed E-state index contributed by atoms with van der Waals surface area (Å²) in [5, 5.41) is 0. The highest BCUT2D eigenvalue weighted by Crippen LogP contribution is 2.35. The van der Waals surface area contributed by atoms with Crippen LogP contribution in [0, 0.1) is 6.92 Å². The van der Waals surface area contributed by atoms with Crippen molar-refractivity contribution in [3.8, 4) is 0 Å². The summed E-state index contributed by atoms with van der Waals surface area (Å²) in [6, 6.07) is 1.91. The molecule has 2 rings (SSSR count). The lowest BCUT2D eigenvalue weighted by Crippen LogP contribution is -2.42. The van der Waals surface area contributed by atoms with Crippen LogP contribution in [0.1, 0.15) is 38.5 Å². The van der Waals surface area contributed by atoms with Gasteiger partial charge in [0.1, 0.15) is 0 Å². The third-order valence-electron chi connectivity index (χ3n) is 2.98. The smallest absolute Gasteiger partial charge is 0.00993 e. The van der Waals surface area contributed by atoms with Crippen LogP contribution >= 0.6 is 0 Å². The first-order valence-corrected chi connectivity index (χ1v) is 4.97. The molecule has 63 valence electrons. The Bertz CT molecular complexity index is 125. The van der Waals surface area contributed by atoms with Gasteiger partial charge >= 0.3 is 0 Å². The van der Waals surface area contributed by atoms with Crippen LogP contribution in [0.5, 0.6) is 0 Å². The van der Waals surface area contributed by atoms with Crippen LogP contribution in [0.2, 0.25) is 0 Å². The van der Waals surface area contributed by atoms with Crippen molar-refractivity contribution in [3.05, 3.63) is 6.92 Å². The Balaban J connectivity index is 1.81. The average Bonchev–Trinajstić information content (AvgIpc) is 2.63. The highest BCUT2D eigenvalue weighted by atomic mass is 15.2. The molecule has 1 heteroatoms. The first-order valence-electron chi connectivity index (χ1n) is 4.97. The second-order valence-corrected chi connectivity index (χ2v) is 3.91. The molecule has 0 aromatic carbocycles. The summed E-state index contributed by atoms with van der Waals surface area (Å²) in [5.41, 5.74) is 0. The molecule has 0 heterocycles. The Morgan fingerprint density at radius 3 is 2.09 bits per heavy atom. The van der Waals surface area contributed by atoms with E-state index in [4.69, 9.17) is 0 Å². The van der Waals surface area contributed by atoms with Crippen LogP contribution in [-0.4, -0.2) is 23.5 Å². The summed E-state index contributed by atoms with van der Waals surface area (Å²) in [6.45, 7) is 5.18. The molecule has 0 amide bonds. The molecule has 2 saturated carbocycles. The average molecular weight is 152 g/mol. The summed E-state index contributed by atoms with van der Waals surface area (Å²) >= 11 is 0. The molecular weight excluding hydrogens is 134 g/mol. The van der Waals surface area contributed by atoms with Crippen molar-refractivity contribution in [2.24, 2.45) is 0 Å². The minimum absolute atomic E-state index is 0.948. The van der Waals surface area contributed by atoms with E-state index >= 15 is 0 Å². The molecule has 0 aromatic rings. The molecule has 1 nitrogen and oxygen atoms in total. The Hall–Kier alpha value is -0.0400. The monoisotopic (exact) mass is 152 g/mol. The molecule has 0 saturated heterocycles. The molecule has 11 heavy (non-hydrogen) atoms. The van der Waals surface area contributed by atoms with Gasteiger partial charge in [-0.1, -0.05) is 13.3 Å². The Morgan fingerprint density at radius 2 is 1.73 bits per heavy atom. The van der Waals surface area contributed by atoms with Gasteiger partial charge in [-0.15, -0.1) is 0 Å². The van der Waals surface area contributed by atoms with Gasteiger partial charge < -0.3 is 0 Å². The molecule has 0 N–H and O–H groups in total. The van der Waals surface area contributed by atoms with Crippen molar-refractivity contribution in [2.75, 3.05) is 6.54 Å². The van der Waals surface area contributed by atoms with Gasteiger partial charge in [-0.2, -0.15) is 0 Å². The molecule has 1 radical (unpaired) electrons. The minimum Gasteiger partial charge on any atom is -0.297 e.